The molecule has 0 saturated carbocycles. The lowest BCUT2D eigenvalue weighted by Gasteiger charge is -2.07. The van der Waals surface area contributed by atoms with Crippen LogP contribution in [-0.2, 0) is 10.9 Å². The fraction of sp³-hybridized carbons (Fsp3) is 0.150. The molecule has 0 atom stereocenters. The minimum absolute atomic E-state index is 0.233. The molecule has 0 aliphatic heterocycles. The first-order chi connectivity index (χ1) is 13.3. The molecule has 0 aliphatic rings. The molecule has 0 bridgehead atoms. The van der Waals surface area contributed by atoms with Gasteiger partial charge in [0.1, 0.15) is 11.9 Å². The van der Waals surface area contributed by atoms with Gasteiger partial charge in [0.2, 0.25) is 0 Å². The Labute approximate surface area is 158 Å². The molecule has 0 aliphatic carbocycles. The lowest BCUT2D eigenvalue weighted by Crippen LogP contribution is -2.06. The summed E-state index contributed by atoms with van der Waals surface area (Å²) in [5.41, 5.74) is 0.723. The van der Waals surface area contributed by atoms with Gasteiger partial charge in [0.15, 0.2) is 0 Å². The molecular weight excluding hydrogens is 371 g/mol. The monoisotopic (exact) mass is 385 g/mol. The normalized spacial score (nSPS) is 11.1. The van der Waals surface area contributed by atoms with Gasteiger partial charge in [-0.05, 0) is 36.8 Å². The number of rotatable bonds is 4. The van der Waals surface area contributed by atoms with Gasteiger partial charge in [0.05, 0.1) is 23.3 Å². The molecule has 0 amide bonds. The van der Waals surface area contributed by atoms with Crippen molar-refractivity contribution in [3.8, 4) is 23.0 Å². The Kier molecular flexibility index (Phi) is 5.18. The zero-order valence-electron chi connectivity index (χ0n) is 14.7. The molecule has 1 aromatic carbocycles. The first-order valence-corrected chi connectivity index (χ1v) is 8.26. The molecule has 3 rings (SSSR count). The molecule has 142 valence electrons. The molecule has 0 saturated heterocycles. The van der Waals surface area contributed by atoms with Gasteiger partial charge in [-0.15, -0.1) is 0 Å². The summed E-state index contributed by atoms with van der Waals surface area (Å²) in [4.78, 5) is 16.1. The van der Waals surface area contributed by atoms with E-state index in [2.05, 4.69) is 4.98 Å². The van der Waals surface area contributed by atoms with E-state index in [4.69, 9.17) is 4.74 Å². The minimum Gasteiger partial charge on any atom is -0.462 e. The summed E-state index contributed by atoms with van der Waals surface area (Å²) in [6.07, 6.45) is 0.0914. The number of carbonyl (C=O) groups excluding carboxylic acids is 1. The van der Waals surface area contributed by atoms with Gasteiger partial charge in [-0.25, -0.2) is 9.78 Å². The van der Waals surface area contributed by atoms with Crippen LogP contribution in [0.2, 0.25) is 0 Å². The number of pyridine rings is 1. The fourth-order valence-corrected chi connectivity index (χ4v) is 2.65. The van der Waals surface area contributed by atoms with Crippen molar-refractivity contribution in [2.24, 2.45) is 0 Å². The van der Waals surface area contributed by atoms with E-state index in [0.717, 1.165) is 12.1 Å². The number of esters is 1. The Morgan fingerprint density at radius 1 is 1.21 bits per heavy atom. The summed E-state index contributed by atoms with van der Waals surface area (Å²) in [5, 5.41) is 9.40. The number of aromatic nitrogens is 2. The van der Waals surface area contributed by atoms with Crippen molar-refractivity contribution < 1.29 is 22.7 Å². The van der Waals surface area contributed by atoms with Crippen molar-refractivity contribution in [3.05, 3.63) is 71.7 Å². The standard InChI is InChI=1S/C20H14F3N3O2/c1-2-28-19(27)14-7-8-25-18(9-14)26-11-15(10-24)17(12-26)13-3-5-16(6-4-13)20(21,22)23/h3-9,11-12H,2H2,1H3. The quantitative estimate of drug-likeness (QED) is 0.615. The summed E-state index contributed by atoms with van der Waals surface area (Å²) in [6.45, 7) is 1.93. The number of benzene rings is 1. The first-order valence-electron chi connectivity index (χ1n) is 8.26. The second kappa shape index (κ2) is 7.56. The minimum atomic E-state index is -4.43. The molecule has 3 aromatic rings. The molecule has 2 aromatic heterocycles. The van der Waals surface area contributed by atoms with Gasteiger partial charge in [0, 0.05) is 24.2 Å². The zero-order valence-corrected chi connectivity index (χ0v) is 14.7. The lowest BCUT2D eigenvalue weighted by atomic mass is 10.0. The van der Waals surface area contributed by atoms with Crippen LogP contribution in [0.3, 0.4) is 0 Å². The number of carbonyl (C=O) groups is 1. The van der Waals surface area contributed by atoms with Crippen molar-refractivity contribution in [1.82, 2.24) is 9.55 Å². The molecule has 0 fully saturated rings. The lowest BCUT2D eigenvalue weighted by molar-refractivity contribution is -0.137. The molecular formula is C20H14F3N3O2. The van der Waals surface area contributed by atoms with E-state index in [1.54, 1.807) is 13.1 Å². The second-order valence-electron chi connectivity index (χ2n) is 5.80. The molecule has 0 spiro atoms. The van der Waals surface area contributed by atoms with E-state index < -0.39 is 17.7 Å². The highest BCUT2D eigenvalue weighted by Gasteiger charge is 2.30. The third-order valence-corrected chi connectivity index (χ3v) is 3.99. The van der Waals surface area contributed by atoms with Gasteiger partial charge in [-0.3, -0.25) is 0 Å². The number of hydrogen-bond acceptors (Lipinski definition) is 4. The number of hydrogen-bond donors (Lipinski definition) is 0. The number of nitriles is 1. The third-order valence-electron chi connectivity index (χ3n) is 3.99. The zero-order chi connectivity index (χ0) is 20.3. The average molecular weight is 385 g/mol. The average Bonchev–Trinajstić information content (AvgIpc) is 3.12. The maximum Gasteiger partial charge on any atom is 0.416 e. The molecule has 0 radical (unpaired) electrons. The Morgan fingerprint density at radius 3 is 2.54 bits per heavy atom. The van der Waals surface area contributed by atoms with Crippen LogP contribution in [0.5, 0.6) is 0 Å². The number of ether oxygens (including phenoxy) is 1. The van der Waals surface area contributed by atoms with E-state index in [0.29, 0.717) is 22.5 Å². The highest BCUT2D eigenvalue weighted by atomic mass is 19.4. The number of halogens is 3. The second-order valence-corrected chi connectivity index (χ2v) is 5.80. The first kappa shape index (κ1) is 19.2. The molecule has 0 N–H and O–H groups in total. The van der Waals surface area contributed by atoms with Crippen molar-refractivity contribution in [1.29, 1.82) is 5.26 Å². The highest BCUT2D eigenvalue weighted by Crippen LogP contribution is 2.32. The van der Waals surface area contributed by atoms with Gasteiger partial charge in [-0.1, -0.05) is 12.1 Å². The summed E-state index contributed by atoms with van der Waals surface area (Å²) < 4.78 is 44.7. The molecule has 8 heteroatoms. The maximum atomic E-state index is 12.7. The smallest absolute Gasteiger partial charge is 0.416 e. The van der Waals surface area contributed by atoms with Crippen LogP contribution >= 0.6 is 0 Å². The topological polar surface area (TPSA) is 67.9 Å². The summed E-state index contributed by atoms with van der Waals surface area (Å²) >= 11 is 0. The summed E-state index contributed by atoms with van der Waals surface area (Å²) in [7, 11) is 0. The molecule has 2 heterocycles. The van der Waals surface area contributed by atoms with Crippen LogP contribution in [0, 0.1) is 11.3 Å². The Balaban J connectivity index is 1.99. The predicted molar refractivity (Wildman–Crippen MR) is 94.7 cm³/mol. The van der Waals surface area contributed by atoms with E-state index >= 15 is 0 Å². The van der Waals surface area contributed by atoms with Crippen LogP contribution < -0.4 is 0 Å². The van der Waals surface area contributed by atoms with Gasteiger partial charge >= 0.3 is 12.1 Å². The predicted octanol–water partition coefficient (Wildman–Crippen LogP) is 4.61. The molecule has 28 heavy (non-hydrogen) atoms. The van der Waals surface area contributed by atoms with Gasteiger partial charge in [-0.2, -0.15) is 18.4 Å². The Morgan fingerprint density at radius 2 is 1.93 bits per heavy atom. The largest absolute Gasteiger partial charge is 0.462 e. The van der Waals surface area contributed by atoms with Crippen LogP contribution in [0.4, 0.5) is 13.2 Å². The summed E-state index contributed by atoms with van der Waals surface area (Å²) in [5.74, 6) is -0.123. The Hall–Kier alpha value is -3.60. The van der Waals surface area contributed by atoms with Crippen molar-refractivity contribution in [2.45, 2.75) is 13.1 Å². The van der Waals surface area contributed by atoms with E-state index in [9.17, 15) is 23.2 Å². The van der Waals surface area contributed by atoms with Crippen molar-refractivity contribution >= 4 is 5.97 Å². The van der Waals surface area contributed by atoms with Gasteiger partial charge < -0.3 is 9.30 Å². The number of nitrogens with zero attached hydrogens (tertiary/aromatic N) is 3. The van der Waals surface area contributed by atoms with Gasteiger partial charge in [0.25, 0.3) is 0 Å². The SMILES string of the molecule is CCOC(=O)c1ccnc(-n2cc(C#N)c(-c3ccc(C(F)(F)F)cc3)c2)c1. The number of alkyl halides is 3. The molecule has 5 nitrogen and oxygen atoms in total. The van der Waals surface area contributed by atoms with Crippen LogP contribution in [0.25, 0.3) is 16.9 Å². The molecule has 0 unspecified atom stereocenters. The highest BCUT2D eigenvalue weighted by molar-refractivity contribution is 5.89. The van der Waals surface area contributed by atoms with E-state index in [1.165, 1.54) is 41.2 Å². The van der Waals surface area contributed by atoms with Crippen molar-refractivity contribution in [3.63, 3.8) is 0 Å². The fourth-order valence-electron chi connectivity index (χ4n) is 2.65. The summed E-state index contributed by atoms with van der Waals surface area (Å²) in [6, 6.07) is 9.59. The van der Waals surface area contributed by atoms with Crippen LogP contribution in [-0.4, -0.2) is 22.1 Å². The van der Waals surface area contributed by atoms with Crippen LogP contribution in [0.15, 0.2) is 55.0 Å². The van der Waals surface area contributed by atoms with Crippen LogP contribution in [0.1, 0.15) is 28.4 Å². The Bertz CT molecular complexity index is 1050. The van der Waals surface area contributed by atoms with E-state index in [-0.39, 0.29) is 12.2 Å². The van der Waals surface area contributed by atoms with E-state index in [1.807, 2.05) is 6.07 Å². The maximum absolute atomic E-state index is 12.7. The van der Waals surface area contributed by atoms with Crippen molar-refractivity contribution in [2.75, 3.05) is 6.61 Å². The third kappa shape index (κ3) is 3.88.